The summed E-state index contributed by atoms with van der Waals surface area (Å²) in [5, 5.41) is 9.11. The predicted octanol–water partition coefficient (Wildman–Crippen LogP) is 2.85. The van der Waals surface area contributed by atoms with E-state index in [1.807, 2.05) is 31.2 Å². The van der Waals surface area contributed by atoms with Crippen LogP contribution in [0.25, 0.3) is 0 Å². The second-order valence-corrected chi connectivity index (χ2v) is 4.32. The lowest BCUT2D eigenvalue weighted by molar-refractivity contribution is 0.0694. The van der Waals surface area contributed by atoms with E-state index >= 15 is 0 Å². The molecule has 0 amide bonds. The van der Waals surface area contributed by atoms with E-state index in [0.717, 1.165) is 5.56 Å². The number of carboxylic acid groups (broad SMARTS) is 1. The Balaban J connectivity index is 2.15. The first-order valence-corrected chi connectivity index (χ1v) is 5.87. The second-order valence-electron chi connectivity index (χ2n) is 4.32. The quantitative estimate of drug-likeness (QED) is 0.826. The second kappa shape index (κ2) is 5.44. The van der Waals surface area contributed by atoms with E-state index in [2.05, 4.69) is 0 Å². The van der Waals surface area contributed by atoms with Crippen molar-refractivity contribution in [2.24, 2.45) is 0 Å². The van der Waals surface area contributed by atoms with Crippen molar-refractivity contribution >= 4 is 11.7 Å². The first-order chi connectivity index (χ1) is 9.06. The molecular formula is C15H15NO3. The maximum Gasteiger partial charge on any atom is 0.336 e. The molecule has 0 unspecified atom stereocenters. The Morgan fingerprint density at radius 1 is 1.21 bits per heavy atom. The number of aryl methyl sites for hydroxylation is 1. The topological polar surface area (TPSA) is 72.5 Å². The average Bonchev–Trinajstić information content (AvgIpc) is 2.39. The normalized spacial score (nSPS) is 10.2. The third-order valence-corrected chi connectivity index (χ3v) is 2.78. The molecule has 0 aliphatic carbocycles. The van der Waals surface area contributed by atoms with Crippen molar-refractivity contribution in [3.8, 4) is 5.75 Å². The number of ether oxygens (including phenoxy) is 1. The maximum atomic E-state index is 11.1. The van der Waals surface area contributed by atoms with Gasteiger partial charge in [0.15, 0.2) is 0 Å². The van der Waals surface area contributed by atoms with Gasteiger partial charge in [-0.15, -0.1) is 0 Å². The minimum Gasteiger partial charge on any atom is -0.489 e. The zero-order chi connectivity index (χ0) is 13.8. The number of carbonyl (C=O) groups is 1. The number of carboxylic acids is 1. The molecule has 0 atom stereocenters. The molecule has 0 aliphatic heterocycles. The van der Waals surface area contributed by atoms with Crippen LogP contribution in [-0.4, -0.2) is 11.1 Å². The molecule has 0 aromatic heterocycles. The minimum absolute atomic E-state index is 0.173. The van der Waals surface area contributed by atoms with Crippen molar-refractivity contribution in [3.63, 3.8) is 0 Å². The van der Waals surface area contributed by atoms with Gasteiger partial charge in [-0.2, -0.15) is 0 Å². The molecule has 2 aromatic rings. The van der Waals surface area contributed by atoms with Crippen molar-refractivity contribution in [1.82, 2.24) is 0 Å². The zero-order valence-corrected chi connectivity index (χ0v) is 10.6. The summed E-state index contributed by atoms with van der Waals surface area (Å²) in [5.74, 6) is -0.298. The van der Waals surface area contributed by atoms with Gasteiger partial charge in [0.05, 0.1) is 5.56 Å². The highest BCUT2D eigenvalue weighted by Crippen LogP contribution is 2.18. The fraction of sp³-hybridized carbons (Fsp3) is 0.133. The lowest BCUT2D eigenvalue weighted by atomic mass is 10.1. The molecule has 4 heteroatoms. The Hall–Kier alpha value is -2.49. The van der Waals surface area contributed by atoms with Gasteiger partial charge in [-0.3, -0.25) is 0 Å². The Bertz CT molecular complexity index is 591. The van der Waals surface area contributed by atoms with Crippen molar-refractivity contribution in [2.45, 2.75) is 13.5 Å². The molecule has 0 aliphatic rings. The fourth-order valence-corrected chi connectivity index (χ4v) is 1.71. The van der Waals surface area contributed by atoms with E-state index in [0.29, 0.717) is 17.0 Å². The van der Waals surface area contributed by atoms with Gasteiger partial charge < -0.3 is 15.6 Å². The molecular weight excluding hydrogens is 242 g/mol. The van der Waals surface area contributed by atoms with Gasteiger partial charge in [-0.25, -0.2) is 4.79 Å². The molecule has 19 heavy (non-hydrogen) atoms. The molecule has 0 saturated carbocycles. The number of benzene rings is 2. The van der Waals surface area contributed by atoms with Gasteiger partial charge in [0.1, 0.15) is 12.4 Å². The van der Waals surface area contributed by atoms with E-state index in [1.54, 1.807) is 12.1 Å². The molecule has 0 fully saturated rings. The number of hydrogen-bond donors (Lipinski definition) is 2. The Labute approximate surface area is 111 Å². The van der Waals surface area contributed by atoms with Gasteiger partial charge in [-0.05, 0) is 31.2 Å². The fourth-order valence-electron chi connectivity index (χ4n) is 1.71. The smallest absolute Gasteiger partial charge is 0.336 e. The third-order valence-electron chi connectivity index (χ3n) is 2.78. The van der Waals surface area contributed by atoms with Gasteiger partial charge in [0.25, 0.3) is 0 Å². The lowest BCUT2D eigenvalue weighted by Crippen LogP contribution is -2.06. The van der Waals surface area contributed by atoms with E-state index in [9.17, 15) is 4.79 Å². The van der Waals surface area contributed by atoms with Crippen LogP contribution in [0, 0.1) is 6.92 Å². The largest absolute Gasteiger partial charge is 0.489 e. The molecule has 3 N–H and O–H groups in total. The number of nitrogen functional groups attached to an aromatic ring is 1. The number of nitrogens with two attached hydrogens (primary N) is 1. The van der Waals surface area contributed by atoms with Crippen molar-refractivity contribution in [3.05, 3.63) is 59.2 Å². The number of anilines is 1. The highest BCUT2D eigenvalue weighted by molar-refractivity contribution is 5.90. The summed E-state index contributed by atoms with van der Waals surface area (Å²) in [7, 11) is 0. The monoisotopic (exact) mass is 257 g/mol. The van der Waals surface area contributed by atoms with Gasteiger partial charge in [0.2, 0.25) is 0 Å². The third kappa shape index (κ3) is 3.25. The summed E-state index contributed by atoms with van der Waals surface area (Å²) in [6.07, 6.45) is 0. The van der Waals surface area contributed by atoms with E-state index in [-0.39, 0.29) is 12.2 Å². The van der Waals surface area contributed by atoms with Crippen molar-refractivity contribution in [2.75, 3.05) is 5.73 Å². The van der Waals surface area contributed by atoms with Gasteiger partial charge >= 0.3 is 5.97 Å². The summed E-state index contributed by atoms with van der Waals surface area (Å²) in [6, 6.07) is 12.4. The molecule has 0 radical (unpaired) electrons. The minimum atomic E-state index is -1.00. The van der Waals surface area contributed by atoms with Crippen molar-refractivity contribution < 1.29 is 14.6 Å². The van der Waals surface area contributed by atoms with Crippen LogP contribution in [0.4, 0.5) is 5.69 Å². The molecule has 0 bridgehead atoms. The highest BCUT2D eigenvalue weighted by Gasteiger charge is 2.10. The summed E-state index contributed by atoms with van der Waals surface area (Å²) >= 11 is 0. The van der Waals surface area contributed by atoms with E-state index in [4.69, 9.17) is 15.6 Å². The van der Waals surface area contributed by atoms with E-state index in [1.165, 1.54) is 6.07 Å². The summed E-state index contributed by atoms with van der Waals surface area (Å²) in [4.78, 5) is 11.1. The molecule has 0 heterocycles. The maximum absolute atomic E-state index is 11.1. The first kappa shape index (κ1) is 13.0. The lowest BCUT2D eigenvalue weighted by Gasteiger charge is -2.09. The molecule has 0 saturated heterocycles. The molecule has 2 rings (SSSR count). The Morgan fingerprint density at radius 3 is 2.53 bits per heavy atom. The van der Waals surface area contributed by atoms with Crippen LogP contribution in [0.3, 0.4) is 0 Å². The summed E-state index contributed by atoms with van der Waals surface area (Å²) in [6.45, 7) is 2.19. The van der Waals surface area contributed by atoms with Crippen molar-refractivity contribution in [1.29, 1.82) is 0 Å². The Morgan fingerprint density at radius 2 is 1.89 bits per heavy atom. The van der Waals surface area contributed by atoms with Crippen LogP contribution in [0.1, 0.15) is 21.5 Å². The predicted molar refractivity (Wildman–Crippen MR) is 73.3 cm³/mol. The van der Waals surface area contributed by atoms with Gasteiger partial charge in [0, 0.05) is 11.3 Å². The number of rotatable bonds is 4. The van der Waals surface area contributed by atoms with Crippen LogP contribution in [0.5, 0.6) is 5.75 Å². The standard InChI is InChI=1S/C15H15NO3/c1-10-2-6-13(7-3-10)19-9-11-4-5-12(16)8-14(11)15(17)18/h2-8H,9,16H2,1H3,(H,17,18). The first-order valence-electron chi connectivity index (χ1n) is 5.87. The number of hydrogen-bond acceptors (Lipinski definition) is 3. The zero-order valence-electron chi connectivity index (χ0n) is 10.6. The van der Waals surface area contributed by atoms with Crippen LogP contribution in [0.15, 0.2) is 42.5 Å². The van der Waals surface area contributed by atoms with Crippen LogP contribution >= 0.6 is 0 Å². The average molecular weight is 257 g/mol. The van der Waals surface area contributed by atoms with Crippen LogP contribution < -0.4 is 10.5 Å². The van der Waals surface area contributed by atoms with E-state index < -0.39 is 5.97 Å². The molecule has 0 spiro atoms. The molecule has 98 valence electrons. The SMILES string of the molecule is Cc1ccc(OCc2ccc(N)cc2C(=O)O)cc1. The highest BCUT2D eigenvalue weighted by atomic mass is 16.5. The summed E-state index contributed by atoms with van der Waals surface area (Å²) in [5.41, 5.74) is 7.93. The van der Waals surface area contributed by atoms with Crippen LogP contribution in [-0.2, 0) is 6.61 Å². The van der Waals surface area contributed by atoms with Crippen LogP contribution in [0.2, 0.25) is 0 Å². The Kier molecular flexibility index (Phi) is 3.71. The number of aromatic carboxylic acids is 1. The molecule has 2 aromatic carbocycles. The summed E-state index contributed by atoms with van der Waals surface area (Å²) < 4.78 is 5.57. The molecule has 4 nitrogen and oxygen atoms in total. The van der Waals surface area contributed by atoms with Gasteiger partial charge in [-0.1, -0.05) is 23.8 Å².